The van der Waals surface area contributed by atoms with Crippen LogP contribution in [0.3, 0.4) is 0 Å². The summed E-state index contributed by atoms with van der Waals surface area (Å²) < 4.78 is 44.4. The fourth-order valence-corrected chi connectivity index (χ4v) is 3.48. The number of ether oxygens (including phenoxy) is 3. The summed E-state index contributed by atoms with van der Waals surface area (Å²) in [7, 11) is -2.20. The average Bonchev–Trinajstić information content (AvgIpc) is 2.65. The Bertz CT molecular complexity index is 410. The van der Waals surface area contributed by atoms with E-state index in [0.29, 0.717) is 0 Å². The summed E-state index contributed by atoms with van der Waals surface area (Å²) in [6, 6.07) is 0. The van der Waals surface area contributed by atoms with Crippen molar-refractivity contribution in [2.75, 3.05) is 20.0 Å². The molecule has 1 aliphatic heterocycles. The van der Waals surface area contributed by atoms with Crippen molar-refractivity contribution in [2.45, 2.75) is 44.1 Å². The first-order valence-electron chi connectivity index (χ1n) is 6.06. The van der Waals surface area contributed by atoms with Gasteiger partial charge in [0.1, 0.15) is 18.3 Å². The monoisotopic (exact) mass is 296 g/mol. The zero-order chi connectivity index (χ0) is 14.4. The molecule has 0 aromatic heterocycles. The first-order chi connectivity index (χ1) is 8.68. The van der Waals surface area contributed by atoms with Gasteiger partial charge in [0, 0.05) is 13.0 Å². The molecule has 0 aromatic carbocycles. The van der Waals surface area contributed by atoms with Crippen LogP contribution >= 0.6 is 0 Å². The molecule has 8 heteroatoms. The van der Waals surface area contributed by atoms with E-state index in [1.807, 2.05) is 0 Å². The van der Waals surface area contributed by atoms with Crippen molar-refractivity contribution >= 4 is 10.1 Å². The smallest absolute Gasteiger partial charge is 0.264 e. The van der Waals surface area contributed by atoms with Crippen LogP contribution in [0.1, 0.15) is 13.8 Å². The van der Waals surface area contributed by atoms with Crippen LogP contribution in [0, 0.1) is 5.92 Å². The largest absolute Gasteiger partial charge is 0.396 e. The Balaban J connectivity index is 2.26. The van der Waals surface area contributed by atoms with Gasteiger partial charge in [-0.3, -0.25) is 4.18 Å². The summed E-state index contributed by atoms with van der Waals surface area (Å²) in [5.41, 5.74) is 0. The molecule has 1 aliphatic carbocycles. The van der Waals surface area contributed by atoms with Gasteiger partial charge >= 0.3 is 0 Å². The Morgan fingerprint density at radius 2 is 1.79 bits per heavy atom. The highest BCUT2D eigenvalue weighted by molar-refractivity contribution is 7.86. The van der Waals surface area contributed by atoms with Crippen LogP contribution in [0.5, 0.6) is 0 Å². The second-order valence-electron chi connectivity index (χ2n) is 5.38. The van der Waals surface area contributed by atoms with Crippen molar-refractivity contribution in [1.29, 1.82) is 0 Å². The Kier molecular flexibility index (Phi) is 3.94. The summed E-state index contributed by atoms with van der Waals surface area (Å²) in [4.78, 5) is 0. The fourth-order valence-electron chi connectivity index (χ4n) is 2.82. The summed E-state index contributed by atoms with van der Waals surface area (Å²) >= 11 is 0. The van der Waals surface area contributed by atoms with Crippen LogP contribution in [-0.2, 0) is 28.5 Å². The first-order valence-corrected chi connectivity index (χ1v) is 7.88. The molecule has 2 fully saturated rings. The molecule has 7 nitrogen and oxygen atoms in total. The SMILES string of the molecule is CO[C@@H]1[C@H]2OC(C)(C)O[C@H]2[C@H](CO)[C@@H]1OS(C)(=O)=O. The van der Waals surface area contributed by atoms with Gasteiger partial charge < -0.3 is 19.3 Å². The lowest BCUT2D eigenvalue weighted by Gasteiger charge is -2.28. The topological polar surface area (TPSA) is 91.3 Å². The molecule has 0 bridgehead atoms. The zero-order valence-electron chi connectivity index (χ0n) is 11.4. The molecular weight excluding hydrogens is 276 g/mol. The molecule has 0 amide bonds. The Morgan fingerprint density at radius 3 is 2.26 bits per heavy atom. The van der Waals surface area contributed by atoms with Crippen LogP contribution in [0.25, 0.3) is 0 Å². The van der Waals surface area contributed by atoms with Crippen molar-refractivity contribution in [3.8, 4) is 0 Å². The number of hydrogen-bond acceptors (Lipinski definition) is 7. The van der Waals surface area contributed by atoms with Gasteiger partial charge in [-0.05, 0) is 13.8 Å². The molecule has 0 aromatic rings. The molecule has 5 atom stereocenters. The number of aliphatic hydroxyl groups is 1. The Morgan fingerprint density at radius 1 is 1.21 bits per heavy atom. The standard InChI is InChI=1S/C11H20O7S/c1-11(2)16-7-6(5-12)8(18-19(4,13)14)9(15-3)10(7)17-11/h6-10,12H,5H2,1-4H3/t6-,7-,8-,9-,10-/m0/s1. The van der Waals surface area contributed by atoms with Gasteiger partial charge in [-0.1, -0.05) is 0 Å². The molecule has 1 saturated heterocycles. The minimum Gasteiger partial charge on any atom is -0.396 e. The van der Waals surface area contributed by atoms with Gasteiger partial charge in [0.15, 0.2) is 5.79 Å². The van der Waals surface area contributed by atoms with E-state index in [0.717, 1.165) is 6.26 Å². The van der Waals surface area contributed by atoms with E-state index in [9.17, 15) is 13.5 Å². The summed E-state index contributed by atoms with van der Waals surface area (Å²) in [5.74, 6) is -1.29. The number of methoxy groups -OCH3 is 1. The van der Waals surface area contributed by atoms with Gasteiger partial charge in [-0.15, -0.1) is 0 Å². The predicted molar refractivity (Wildman–Crippen MR) is 64.9 cm³/mol. The molecule has 1 heterocycles. The maximum absolute atomic E-state index is 11.3. The first kappa shape index (κ1) is 15.1. The number of rotatable bonds is 4. The molecule has 19 heavy (non-hydrogen) atoms. The van der Waals surface area contributed by atoms with Gasteiger partial charge in [-0.25, -0.2) is 0 Å². The number of fused-ring (bicyclic) bond motifs is 1. The fraction of sp³-hybridized carbons (Fsp3) is 1.00. The normalized spacial score (nSPS) is 41.4. The Labute approximate surface area is 112 Å². The van der Waals surface area contributed by atoms with E-state index in [1.165, 1.54) is 7.11 Å². The van der Waals surface area contributed by atoms with Crippen LogP contribution in [0.2, 0.25) is 0 Å². The van der Waals surface area contributed by atoms with Crippen LogP contribution in [0.4, 0.5) is 0 Å². The third-order valence-electron chi connectivity index (χ3n) is 3.42. The molecule has 0 unspecified atom stereocenters. The van der Waals surface area contributed by atoms with E-state index >= 15 is 0 Å². The van der Waals surface area contributed by atoms with Crippen molar-refractivity contribution < 1.29 is 31.9 Å². The van der Waals surface area contributed by atoms with Crippen LogP contribution < -0.4 is 0 Å². The predicted octanol–water partition coefficient (Wildman–Crippen LogP) is -0.512. The van der Waals surface area contributed by atoms with E-state index in [4.69, 9.17) is 18.4 Å². The minimum atomic E-state index is -3.66. The molecule has 0 radical (unpaired) electrons. The Hall–Kier alpha value is -0.250. The maximum atomic E-state index is 11.3. The van der Waals surface area contributed by atoms with E-state index in [1.54, 1.807) is 13.8 Å². The zero-order valence-corrected chi connectivity index (χ0v) is 12.2. The maximum Gasteiger partial charge on any atom is 0.264 e. The molecule has 1 saturated carbocycles. The minimum absolute atomic E-state index is 0.263. The second kappa shape index (κ2) is 4.94. The highest BCUT2D eigenvalue weighted by Gasteiger charge is 2.60. The highest BCUT2D eigenvalue weighted by atomic mass is 32.2. The van der Waals surface area contributed by atoms with Crippen LogP contribution in [-0.4, -0.2) is 63.7 Å². The molecule has 2 aliphatic rings. The summed E-state index contributed by atoms with van der Waals surface area (Å²) in [6.45, 7) is 3.26. The van der Waals surface area contributed by atoms with Crippen molar-refractivity contribution in [1.82, 2.24) is 0 Å². The highest BCUT2D eigenvalue weighted by Crippen LogP contribution is 2.44. The molecule has 0 spiro atoms. The molecular formula is C11H20O7S. The third-order valence-corrected chi connectivity index (χ3v) is 4.00. The van der Waals surface area contributed by atoms with E-state index < -0.39 is 46.2 Å². The van der Waals surface area contributed by atoms with Crippen LogP contribution in [0.15, 0.2) is 0 Å². The number of hydrogen-bond donors (Lipinski definition) is 1. The summed E-state index contributed by atoms with van der Waals surface area (Å²) in [5, 5.41) is 9.50. The quantitative estimate of drug-likeness (QED) is 0.698. The second-order valence-corrected chi connectivity index (χ2v) is 6.98. The van der Waals surface area contributed by atoms with Gasteiger partial charge in [-0.2, -0.15) is 8.42 Å². The molecule has 112 valence electrons. The van der Waals surface area contributed by atoms with Gasteiger partial charge in [0.2, 0.25) is 0 Å². The number of aliphatic hydroxyl groups excluding tert-OH is 1. The van der Waals surface area contributed by atoms with Gasteiger partial charge in [0.05, 0.1) is 19.0 Å². The lowest BCUT2D eigenvalue weighted by molar-refractivity contribution is -0.183. The van der Waals surface area contributed by atoms with Crippen molar-refractivity contribution in [3.05, 3.63) is 0 Å². The lowest BCUT2D eigenvalue weighted by atomic mass is 10.1. The van der Waals surface area contributed by atoms with E-state index in [2.05, 4.69) is 0 Å². The lowest BCUT2D eigenvalue weighted by Crippen LogP contribution is -2.40. The molecule has 2 rings (SSSR count). The molecule has 1 N–H and O–H groups in total. The third kappa shape index (κ3) is 2.93. The van der Waals surface area contributed by atoms with E-state index in [-0.39, 0.29) is 6.61 Å². The summed E-state index contributed by atoms with van der Waals surface area (Å²) in [6.07, 6.45) is -1.34. The average molecular weight is 296 g/mol. The van der Waals surface area contributed by atoms with Gasteiger partial charge in [0.25, 0.3) is 10.1 Å². The van der Waals surface area contributed by atoms with Crippen molar-refractivity contribution in [2.24, 2.45) is 5.92 Å². The van der Waals surface area contributed by atoms with Crippen molar-refractivity contribution in [3.63, 3.8) is 0 Å².